The number of nitrogens with zero attached hydrogens (tertiary/aromatic N) is 3. The second kappa shape index (κ2) is 15.8. The number of carbonyl (C=O) groups excluding carboxylic acids is 5. The number of nitrogens with one attached hydrogen (secondary N) is 3. The number of carbonyl (C=O) groups is 5. The first kappa shape index (κ1) is 39.0. The van der Waals surface area contributed by atoms with Crippen molar-refractivity contribution >= 4 is 40.1 Å². The largest absolute Gasteiger partial charge is 0.444 e. The summed E-state index contributed by atoms with van der Waals surface area (Å²) in [4.78, 5) is 71.4. The summed E-state index contributed by atoms with van der Waals surface area (Å²) in [5.41, 5.74) is -0.394. The third kappa shape index (κ3) is 9.43. The maximum Gasteiger partial charge on any atom is 0.410 e. The molecular formula is C36H52N6O9S. The summed E-state index contributed by atoms with van der Waals surface area (Å²) in [5.74, 6) is -2.63. The van der Waals surface area contributed by atoms with Crippen molar-refractivity contribution in [2.45, 2.75) is 121 Å². The predicted octanol–water partition coefficient (Wildman–Crippen LogP) is 3.10. The summed E-state index contributed by atoms with van der Waals surface area (Å²) in [5, 5.41) is 5.51. The fraction of sp³-hybridized carbons (Fsp3) is 0.639. The van der Waals surface area contributed by atoms with E-state index in [2.05, 4.69) is 15.4 Å². The van der Waals surface area contributed by atoms with Crippen LogP contribution < -0.4 is 15.4 Å². The van der Waals surface area contributed by atoms with E-state index in [9.17, 15) is 32.4 Å². The van der Waals surface area contributed by atoms with E-state index in [4.69, 9.17) is 9.47 Å². The highest BCUT2D eigenvalue weighted by molar-refractivity contribution is 7.87. The molecule has 1 aromatic rings. The van der Waals surface area contributed by atoms with E-state index >= 15 is 0 Å². The number of benzene rings is 1. The van der Waals surface area contributed by atoms with Crippen LogP contribution in [0.4, 0.5) is 9.59 Å². The molecule has 16 heteroatoms. The van der Waals surface area contributed by atoms with E-state index in [0.717, 1.165) is 47.5 Å². The number of alkyl carbamates (subject to hydrolysis) is 1. The van der Waals surface area contributed by atoms with Crippen LogP contribution in [0, 0.1) is 5.92 Å². The van der Waals surface area contributed by atoms with Crippen LogP contribution in [-0.4, -0.2) is 102 Å². The number of hydrogen-bond acceptors (Lipinski definition) is 9. The Morgan fingerprint density at radius 1 is 1.00 bits per heavy atom. The van der Waals surface area contributed by atoms with E-state index < -0.39 is 75.4 Å². The summed E-state index contributed by atoms with van der Waals surface area (Å²) in [6.07, 6.45) is 6.82. The molecule has 5 rings (SSSR count). The van der Waals surface area contributed by atoms with Gasteiger partial charge in [0.1, 0.15) is 29.3 Å². The molecule has 1 aliphatic carbocycles. The van der Waals surface area contributed by atoms with Crippen molar-refractivity contribution in [3.05, 3.63) is 47.5 Å². The lowest BCUT2D eigenvalue weighted by atomic mass is 10.0. The fourth-order valence-electron chi connectivity index (χ4n) is 6.95. The van der Waals surface area contributed by atoms with E-state index in [1.165, 1.54) is 19.0 Å². The van der Waals surface area contributed by atoms with Gasteiger partial charge in [-0.25, -0.2) is 14.3 Å². The van der Waals surface area contributed by atoms with Crippen LogP contribution in [0.3, 0.4) is 0 Å². The highest BCUT2D eigenvalue weighted by atomic mass is 32.2. The Bertz CT molecular complexity index is 1650. The molecule has 0 bridgehead atoms. The smallest absolute Gasteiger partial charge is 0.410 e. The first-order valence-corrected chi connectivity index (χ1v) is 19.5. The molecule has 3 N–H and O–H groups in total. The van der Waals surface area contributed by atoms with Crippen molar-refractivity contribution in [2.75, 3.05) is 20.6 Å². The van der Waals surface area contributed by atoms with E-state index in [1.54, 1.807) is 25.7 Å². The Labute approximate surface area is 306 Å². The molecule has 0 spiro atoms. The highest BCUT2D eigenvalue weighted by Gasteiger charge is 2.62. The van der Waals surface area contributed by atoms with Gasteiger partial charge in [0, 0.05) is 39.5 Å². The summed E-state index contributed by atoms with van der Waals surface area (Å²) in [7, 11) is -1.62. The molecule has 1 aromatic carbocycles. The zero-order valence-electron chi connectivity index (χ0n) is 30.7. The van der Waals surface area contributed by atoms with Crippen molar-refractivity contribution in [1.29, 1.82) is 0 Å². The Hall–Kier alpha value is -4.18. The number of amides is 5. The van der Waals surface area contributed by atoms with Crippen molar-refractivity contribution in [3.63, 3.8) is 0 Å². The van der Waals surface area contributed by atoms with Gasteiger partial charge in [-0.05, 0) is 57.6 Å². The van der Waals surface area contributed by atoms with Gasteiger partial charge in [-0.2, -0.15) is 12.7 Å². The van der Waals surface area contributed by atoms with Gasteiger partial charge in [-0.15, -0.1) is 0 Å². The fourth-order valence-corrected chi connectivity index (χ4v) is 7.55. The molecule has 52 heavy (non-hydrogen) atoms. The standard InChI is InChI=1S/C36H52N6O9S/c1-35(2,3)51-33(46)37-28-18-12-10-8-6-7-9-11-17-26-20-36(26,32(45)39-52(48,49)40(4)5)38-30(43)29-19-27(23-42(29)31(28)44)50-34(47)41-21-24-15-13-14-16-25(24)22-41/h11,13-17,26-29H,6-10,12,18-23H2,1-5H3,(H,37,46)(H,38,43)(H,39,45)/t26-,27-,28+,29+,36-/m1/s1. The lowest BCUT2D eigenvalue weighted by Crippen LogP contribution is -2.58. The molecule has 286 valence electrons. The lowest BCUT2D eigenvalue weighted by Gasteiger charge is -2.30. The minimum atomic E-state index is -4.18. The normalized spacial score (nSPS) is 27.1. The van der Waals surface area contributed by atoms with Gasteiger partial charge < -0.3 is 25.0 Å². The Balaban J connectivity index is 1.42. The maximum absolute atomic E-state index is 14.4. The molecule has 5 atom stereocenters. The van der Waals surface area contributed by atoms with E-state index in [0.29, 0.717) is 19.5 Å². The first-order valence-electron chi connectivity index (χ1n) is 18.0. The molecule has 0 unspecified atom stereocenters. The molecule has 15 nitrogen and oxygen atoms in total. The quantitative estimate of drug-likeness (QED) is 0.382. The number of allylic oxidation sites excluding steroid dienone is 1. The van der Waals surface area contributed by atoms with Crippen LogP contribution in [0.2, 0.25) is 0 Å². The summed E-state index contributed by atoms with van der Waals surface area (Å²) in [6.45, 7) is 5.73. The molecule has 0 radical (unpaired) electrons. The first-order chi connectivity index (χ1) is 24.5. The van der Waals surface area contributed by atoms with Gasteiger partial charge in [-0.1, -0.05) is 62.1 Å². The van der Waals surface area contributed by atoms with Gasteiger partial charge in [0.05, 0.1) is 6.54 Å². The van der Waals surface area contributed by atoms with Crippen LogP contribution in [-0.2, 0) is 47.2 Å². The van der Waals surface area contributed by atoms with Gasteiger partial charge in [0.2, 0.25) is 11.8 Å². The number of fused-ring (bicyclic) bond motifs is 3. The van der Waals surface area contributed by atoms with E-state index in [-0.39, 0.29) is 25.8 Å². The number of rotatable bonds is 5. The van der Waals surface area contributed by atoms with Gasteiger partial charge in [0.15, 0.2) is 0 Å². The molecule has 3 aliphatic heterocycles. The monoisotopic (exact) mass is 744 g/mol. The summed E-state index contributed by atoms with van der Waals surface area (Å²) >= 11 is 0. The minimum Gasteiger partial charge on any atom is -0.444 e. The van der Waals surface area contributed by atoms with Crippen molar-refractivity contribution in [2.24, 2.45) is 5.92 Å². The van der Waals surface area contributed by atoms with Gasteiger partial charge in [-0.3, -0.25) is 19.3 Å². The average Bonchev–Trinajstić information content (AvgIpc) is 3.36. The molecule has 5 amide bonds. The lowest BCUT2D eigenvalue weighted by molar-refractivity contribution is -0.141. The second-order valence-corrected chi connectivity index (χ2v) is 17.2. The number of hydrogen-bond donors (Lipinski definition) is 3. The van der Waals surface area contributed by atoms with Crippen molar-refractivity contribution < 1.29 is 41.9 Å². The third-order valence-corrected chi connectivity index (χ3v) is 11.3. The van der Waals surface area contributed by atoms with Crippen LogP contribution in [0.5, 0.6) is 0 Å². The molecule has 4 aliphatic rings. The van der Waals surface area contributed by atoms with Crippen LogP contribution in [0.15, 0.2) is 36.4 Å². The molecule has 1 saturated heterocycles. The Kier molecular flexibility index (Phi) is 11.9. The van der Waals surface area contributed by atoms with Crippen LogP contribution in [0.25, 0.3) is 0 Å². The maximum atomic E-state index is 14.4. The van der Waals surface area contributed by atoms with E-state index in [1.807, 2.05) is 36.4 Å². The topological polar surface area (TPSA) is 184 Å². The highest BCUT2D eigenvalue weighted by Crippen LogP contribution is 2.45. The molecular weight excluding hydrogens is 692 g/mol. The molecule has 1 saturated carbocycles. The summed E-state index contributed by atoms with van der Waals surface area (Å²) in [6, 6.07) is 5.44. The van der Waals surface area contributed by atoms with Gasteiger partial charge >= 0.3 is 22.4 Å². The minimum absolute atomic E-state index is 0.0720. The third-order valence-electron chi connectivity index (χ3n) is 9.90. The zero-order chi connectivity index (χ0) is 37.8. The average molecular weight is 745 g/mol. The molecule has 2 fully saturated rings. The Morgan fingerprint density at radius 2 is 1.65 bits per heavy atom. The van der Waals surface area contributed by atoms with Crippen LogP contribution >= 0.6 is 0 Å². The Morgan fingerprint density at radius 3 is 2.31 bits per heavy atom. The van der Waals surface area contributed by atoms with Crippen LogP contribution in [0.1, 0.15) is 89.7 Å². The second-order valence-electron chi connectivity index (χ2n) is 15.3. The van der Waals surface area contributed by atoms with Crippen molar-refractivity contribution in [1.82, 2.24) is 29.5 Å². The predicted molar refractivity (Wildman–Crippen MR) is 190 cm³/mol. The SMILES string of the molecule is CN(C)S(=O)(=O)NC(=O)[C@@]12C[C@H]1C=CCCCCCCC[C@H](NC(=O)OC(C)(C)C)C(=O)N1C[C@H](OC(=O)N3Cc4ccccc4C3)C[C@H]1C(=O)N2. The summed E-state index contributed by atoms with van der Waals surface area (Å²) < 4.78 is 39.6. The van der Waals surface area contributed by atoms with Crippen molar-refractivity contribution in [3.8, 4) is 0 Å². The molecule has 0 aromatic heterocycles. The number of ether oxygens (including phenoxy) is 2. The molecule has 3 heterocycles. The zero-order valence-corrected chi connectivity index (χ0v) is 31.5. The van der Waals surface area contributed by atoms with Gasteiger partial charge in [0.25, 0.3) is 5.91 Å².